The zero-order valence-electron chi connectivity index (χ0n) is 15.4. The first-order valence-corrected chi connectivity index (χ1v) is 9.28. The average molecular weight is 339 g/mol. The van der Waals surface area contributed by atoms with Gasteiger partial charge in [-0.25, -0.2) is 0 Å². The maximum atomic E-state index is 5.80. The highest BCUT2D eigenvalue weighted by atomic mass is 16.5. The lowest BCUT2D eigenvalue weighted by molar-refractivity contribution is 0.125. The quantitative estimate of drug-likeness (QED) is 0.837. The Morgan fingerprint density at radius 2 is 2.12 bits per heavy atom. The molecule has 2 N–H and O–H groups in total. The van der Waals surface area contributed by atoms with Gasteiger partial charge in [0.2, 0.25) is 0 Å². The highest BCUT2D eigenvalue weighted by Crippen LogP contribution is 2.41. The molecule has 1 aliphatic rings. The first-order chi connectivity index (χ1) is 12.2. The molecule has 0 saturated carbocycles. The minimum Gasteiger partial charge on any atom is -0.384 e. The molecule has 2 atom stereocenters. The number of nitrogens with zero attached hydrogens (tertiary/aromatic N) is 2. The minimum absolute atomic E-state index is 0.000870. The van der Waals surface area contributed by atoms with Gasteiger partial charge in [0.15, 0.2) is 0 Å². The van der Waals surface area contributed by atoms with Crippen LogP contribution in [0.3, 0.4) is 0 Å². The second-order valence-corrected chi connectivity index (χ2v) is 7.31. The molecule has 2 aromatic heterocycles. The fraction of sp³-hybridized carbons (Fsp3) is 0.524. The molecule has 0 saturated heterocycles. The van der Waals surface area contributed by atoms with Crippen molar-refractivity contribution in [1.82, 2.24) is 9.97 Å². The van der Waals surface area contributed by atoms with Gasteiger partial charge >= 0.3 is 0 Å². The van der Waals surface area contributed by atoms with Crippen LogP contribution >= 0.6 is 0 Å². The van der Waals surface area contributed by atoms with Crippen molar-refractivity contribution < 1.29 is 4.74 Å². The molecule has 4 heteroatoms. The summed E-state index contributed by atoms with van der Waals surface area (Å²) in [5, 5.41) is 0. The summed E-state index contributed by atoms with van der Waals surface area (Å²) in [6.45, 7) is 3.70. The summed E-state index contributed by atoms with van der Waals surface area (Å²) in [6, 6.07) is 8.36. The Labute approximate surface area is 150 Å². The van der Waals surface area contributed by atoms with Crippen LogP contribution in [-0.4, -0.2) is 30.2 Å². The molecule has 25 heavy (non-hydrogen) atoms. The third-order valence-electron chi connectivity index (χ3n) is 5.40. The van der Waals surface area contributed by atoms with Crippen molar-refractivity contribution in [3.8, 4) is 0 Å². The standard InChI is InChI=1S/C21H29N3O/c1-21(15-25-2)11-5-7-18-16(10-14-24-20(18)21)17(8-6-12-22)19-9-3-4-13-23-19/h3-4,9-10,13-14,17H,5-8,11-12,15,22H2,1-2H3/t17-,21+/m1/s1. The Balaban J connectivity index is 2.06. The molecule has 1 aliphatic carbocycles. The summed E-state index contributed by atoms with van der Waals surface area (Å²) in [4.78, 5) is 9.43. The predicted molar refractivity (Wildman–Crippen MR) is 101 cm³/mol. The zero-order valence-corrected chi connectivity index (χ0v) is 15.4. The summed E-state index contributed by atoms with van der Waals surface area (Å²) in [5.41, 5.74) is 10.9. The van der Waals surface area contributed by atoms with Gasteiger partial charge in [-0.05, 0) is 68.0 Å². The van der Waals surface area contributed by atoms with Gasteiger partial charge in [0.25, 0.3) is 0 Å². The van der Waals surface area contributed by atoms with Gasteiger partial charge in [-0.3, -0.25) is 9.97 Å². The van der Waals surface area contributed by atoms with Gasteiger partial charge in [-0.1, -0.05) is 13.0 Å². The number of fused-ring (bicyclic) bond motifs is 1. The number of methoxy groups -OCH3 is 1. The molecule has 0 spiro atoms. The lowest BCUT2D eigenvalue weighted by atomic mass is 9.72. The van der Waals surface area contributed by atoms with Crippen LogP contribution in [0.1, 0.15) is 61.0 Å². The molecule has 0 aliphatic heterocycles. The molecule has 0 unspecified atom stereocenters. The molecule has 0 fully saturated rings. The van der Waals surface area contributed by atoms with Crippen molar-refractivity contribution in [2.24, 2.45) is 5.73 Å². The van der Waals surface area contributed by atoms with Crippen LogP contribution in [0.5, 0.6) is 0 Å². The molecule has 2 aromatic rings. The lowest BCUT2D eigenvalue weighted by Crippen LogP contribution is -2.34. The van der Waals surface area contributed by atoms with Gasteiger partial charge in [-0.15, -0.1) is 0 Å². The van der Waals surface area contributed by atoms with E-state index in [1.165, 1.54) is 23.2 Å². The number of hydrogen-bond acceptors (Lipinski definition) is 4. The SMILES string of the molecule is COC[C@]1(C)CCCc2c([C@@H](CCCN)c3ccccn3)ccnc21. The van der Waals surface area contributed by atoms with Crippen molar-refractivity contribution in [2.75, 3.05) is 20.3 Å². The van der Waals surface area contributed by atoms with Gasteiger partial charge in [0.1, 0.15) is 0 Å². The van der Waals surface area contributed by atoms with E-state index in [-0.39, 0.29) is 11.3 Å². The topological polar surface area (TPSA) is 61.0 Å². The highest BCUT2D eigenvalue weighted by molar-refractivity contribution is 5.42. The molecule has 2 heterocycles. The fourth-order valence-electron chi connectivity index (χ4n) is 4.22. The third kappa shape index (κ3) is 3.75. The Morgan fingerprint density at radius 3 is 2.84 bits per heavy atom. The number of hydrogen-bond donors (Lipinski definition) is 1. The number of ether oxygens (including phenoxy) is 1. The maximum Gasteiger partial charge on any atom is 0.0571 e. The molecule has 0 aromatic carbocycles. The fourth-order valence-corrected chi connectivity index (χ4v) is 4.22. The molecule has 134 valence electrons. The van der Waals surface area contributed by atoms with Crippen molar-refractivity contribution in [2.45, 2.75) is 50.4 Å². The smallest absolute Gasteiger partial charge is 0.0571 e. The number of nitrogens with two attached hydrogens (primary N) is 1. The van der Waals surface area contributed by atoms with E-state index in [2.05, 4.69) is 30.1 Å². The summed E-state index contributed by atoms with van der Waals surface area (Å²) in [7, 11) is 1.78. The monoisotopic (exact) mass is 339 g/mol. The van der Waals surface area contributed by atoms with Crippen LogP contribution < -0.4 is 5.73 Å². The Kier molecular flexibility index (Phi) is 5.82. The number of pyridine rings is 2. The van der Waals surface area contributed by atoms with Gasteiger partial charge < -0.3 is 10.5 Å². The first kappa shape index (κ1) is 18.0. The predicted octanol–water partition coefficient (Wildman–Crippen LogP) is 3.59. The summed E-state index contributed by atoms with van der Waals surface area (Å²) < 4.78 is 5.52. The van der Waals surface area contributed by atoms with Gasteiger partial charge in [-0.2, -0.15) is 0 Å². The van der Waals surface area contributed by atoms with E-state index in [9.17, 15) is 0 Å². The van der Waals surface area contributed by atoms with E-state index in [1.807, 2.05) is 18.5 Å². The third-order valence-corrected chi connectivity index (χ3v) is 5.40. The summed E-state index contributed by atoms with van der Waals surface area (Å²) in [5.74, 6) is 0.284. The van der Waals surface area contributed by atoms with Gasteiger partial charge in [0.05, 0.1) is 12.3 Å². The normalized spacial score (nSPS) is 20.9. The van der Waals surface area contributed by atoms with Crippen LogP contribution in [-0.2, 0) is 16.6 Å². The molecule has 3 rings (SSSR count). The van der Waals surface area contributed by atoms with Crippen molar-refractivity contribution in [3.63, 3.8) is 0 Å². The van der Waals surface area contributed by atoms with E-state index in [0.29, 0.717) is 13.2 Å². The van der Waals surface area contributed by atoms with Crippen LogP contribution in [0.25, 0.3) is 0 Å². The van der Waals surface area contributed by atoms with Crippen LogP contribution in [0, 0.1) is 0 Å². The molecule has 0 bridgehead atoms. The first-order valence-electron chi connectivity index (χ1n) is 9.28. The highest BCUT2D eigenvalue weighted by Gasteiger charge is 2.35. The average Bonchev–Trinajstić information content (AvgIpc) is 2.64. The molecular formula is C21H29N3O. The Hall–Kier alpha value is -1.78. The van der Waals surface area contributed by atoms with Crippen LogP contribution in [0.15, 0.2) is 36.7 Å². The Bertz CT molecular complexity index is 689. The van der Waals surface area contributed by atoms with Crippen molar-refractivity contribution in [3.05, 3.63) is 59.2 Å². The van der Waals surface area contributed by atoms with E-state index < -0.39 is 0 Å². The van der Waals surface area contributed by atoms with E-state index in [1.54, 1.807) is 7.11 Å². The number of aromatic nitrogens is 2. The van der Waals surface area contributed by atoms with E-state index in [0.717, 1.165) is 31.4 Å². The molecule has 4 nitrogen and oxygen atoms in total. The second kappa shape index (κ2) is 8.07. The second-order valence-electron chi connectivity index (χ2n) is 7.31. The van der Waals surface area contributed by atoms with Crippen LogP contribution in [0.2, 0.25) is 0 Å². The Morgan fingerprint density at radius 1 is 1.24 bits per heavy atom. The van der Waals surface area contributed by atoms with Crippen molar-refractivity contribution in [1.29, 1.82) is 0 Å². The van der Waals surface area contributed by atoms with Gasteiger partial charge in [0, 0.05) is 36.5 Å². The number of rotatable bonds is 7. The zero-order chi connectivity index (χ0) is 17.7. The summed E-state index contributed by atoms with van der Waals surface area (Å²) >= 11 is 0. The molecule has 0 radical (unpaired) electrons. The maximum absolute atomic E-state index is 5.80. The lowest BCUT2D eigenvalue weighted by Gasteiger charge is -2.36. The molecule has 0 amide bonds. The largest absolute Gasteiger partial charge is 0.384 e. The van der Waals surface area contributed by atoms with Crippen LogP contribution in [0.4, 0.5) is 0 Å². The van der Waals surface area contributed by atoms with E-state index in [4.69, 9.17) is 15.5 Å². The molecular weight excluding hydrogens is 310 g/mol. The van der Waals surface area contributed by atoms with Crippen molar-refractivity contribution >= 4 is 0 Å². The minimum atomic E-state index is 0.000870. The van der Waals surface area contributed by atoms with E-state index >= 15 is 0 Å². The summed E-state index contributed by atoms with van der Waals surface area (Å²) in [6.07, 6.45) is 9.25.